The van der Waals surface area contributed by atoms with Gasteiger partial charge in [0.2, 0.25) is 0 Å². The SMILES string of the molecule is c1ccc(-c2cc(-c3ccccc3)cc(-c3cccc(-c4cccc(-c5nc(-c6cccc7c6oc6ccccc67)c6c7ccccc7n(-c7ccccc7)c6n5)c4)c3)c2)cc1. The summed E-state index contributed by atoms with van der Waals surface area (Å²) in [6.45, 7) is 0. The predicted octanol–water partition coefficient (Wildman–Crippen LogP) is 15.5. The lowest BCUT2D eigenvalue weighted by Gasteiger charge is -2.13. The van der Waals surface area contributed by atoms with Crippen LogP contribution in [0.4, 0.5) is 0 Å². The van der Waals surface area contributed by atoms with Gasteiger partial charge in [-0.05, 0) is 105 Å². The number of benzene rings is 9. The van der Waals surface area contributed by atoms with E-state index in [4.69, 9.17) is 14.4 Å². The number of rotatable bonds is 7. The molecule has 0 atom stereocenters. The zero-order valence-corrected chi connectivity index (χ0v) is 33.6. The third kappa shape index (κ3) is 6.08. The van der Waals surface area contributed by atoms with Gasteiger partial charge in [0.15, 0.2) is 5.82 Å². The lowest BCUT2D eigenvalue weighted by molar-refractivity contribution is 0.670. The molecule has 4 heteroatoms. The highest BCUT2D eigenvalue weighted by Gasteiger charge is 2.23. The van der Waals surface area contributed by atoms with E-state index in [1.165, 1.54) is 22.3 Å². The van der Waals surface area contributed by atoms with Crippen molar-refractivity contribution in [2.45, 2.75) is 0 Å². The molecule has 12 rings (SSSR count). The number of hydrogen-bond acceptors (Lipinski definition) is 3. The Morgan fingerprint density at radius 3 is 1.53 bits per heavy atom. The fraction of sp³-hybridized carbons (Fsp3) is 0. The zero-order chi connectivity index (χ0) is 41.0. The molecule has 0 unspecified atom stereocenters. The second-order valence-electron chi connectivity index (χ2n) is 15.8. The van der Waals surface area contributed by atoms with Crippen LogP contribution in [0.15, 0.2) is 229 Å². The summed E-state index contributed by atoms with van der Waals surface area (Å²) in [5.41, 5.74) is 16.5. The van der Waals surface area contributed by atoms with Crippen LogP contribution in [0.1, 0.15) is 0 Å². The van der Waals surface area contributed by atoms with E-state index < -0.39 is 0 Å². The smallest absolute Gasteiger partial charge is 0.162 e. The quantitative estimate of drug-likeness (QED) is 0.161. The van der Waals surface area contributed by atoms with E-state index in [2.05, 4.69) is 211 Å². The molecule has 62 heavy (non-hydrogen) atoms. The minimum absolute atomic E-state index is 0.640. The summed E-state index contributed by atoms with van der Waals surface area (Å²) in [6, 6.07) is 79.2. The molecule has 0 fully saturated rings. The highest BCUT2D eigenvalue weighted by Crippen LogP contribution is 2.43. The largest absolute Gasteiger partial charge is 0.455 e. The van der Waals surface area contributed by atoms with Crippen LogP contribution in [0.25, 0.3) is 117 Å². The predicted molar refractivity (Wildman–Crippen MR) is 256 cm³/mol. The first-order valence-corrected chi connectivity index (χ1v) is 21.0. The molecule has 0 aliphatic rings. The molecular formula is C58H37N3O. The van der Waals surface area contributed by atoms with Crippen molar-refractivity contribution in [1.29, 1.82) is 0 Å². The lowest BCUT2D eigenvalue weighted by Crippen LogP contribution is -1.99. The molecular weight excluding hydrogens is 755 g/mol. The van der Waals surface area contributed by atoms with Crippen molar-refractivity contribution in [2.75, 3.05) is 0 Å². The summed E-state index contributed by atoms with van der Waals surface area (Å²) in [5.74, 6) is 0.640. The summed E-state index contributed by atoms with van der Waals surface area (Å²) in [4.78, 5) is 11.0. The molecule has 0 bridgehead atoms. The van der Waals surface area contributed by atoms with Crippen molar-refractivity contribution in [3.63, 3.8) is 0 Å². The van der Waals surface area contributed by atoms with Crippen LogP contribution < -0.4 is 0 Å². The monoisotopic (exact) mass is 791 g/mol. The van der Waals surface area contributed by atoms with Crippen LogP contribution in [0.3, 0.4) is 0 Å². The van der Waals surface area contributed by atoms with E-state index in [0.29, 0.717) is 5.82 Å². The normalized spacial score (nSPS) is 11.5. The molecule has 0 aliphatic carbocycles. The van der Waals surface area contributed by atoms with Crippen LogP contribution in [-0.2, 0) is 0 Å². The Morgan fingerprint density at radius 1 is 0.355 bits per heavy atom. The van der Waals surface area contributed by atoms with Gasteiger partial charge in [-0.1, -0.05) is 164 Å². The minimum atomic E-state index is 0.640. The van der Waals surface area contributed by atoms with E-state index in [-0.39, 0.29) is 0 Å². The molecule has 3 aromatic heterocycles. The second kappa shape index (κ2) is 14.7. The van der Waals surface area contributed by atoms with E-state index >= 15 is 0 Å². The molecule has 9 aromatic carbocycles. The standard InChI is InChI=1S/C58H37N3O/c1-4-17-38(18-5-1)44-35-45(39-19-6-2-7-20-39)37-46(36-44)42-23-14-21-40(33-42)41-22-15-24-43(34-41)57-59-55(51-30-16-29-49-48-27-11-13-32-53(48)62-56(49)51)54-50-28-10-12-31-52(50)61(58(54)60-57)47-25-8-3-9-26-47/h1-37H. The Kier molecular flexibility index (Phi) is 8.46. The average molecular weight is 792 g/mol. The van der Waals surface area contributed by atoms with Gasteiger partial charge in [-0.15, -0.1) is 0 Å². The van der Waals surface area contributed by atoms with Crippen molar-refractivity contribution >= 4 is 43.9 Å². The van der Waals surface area contributed by atoms with Gasteiger partial charge in [-0.25, -0.2) is 9.97 Å². The molecule has 0 saturated heterocycles. The maximum atomic E-state index is 6.66. The van der Waals surface area contributed by atoms with Crippen LogP contribution in [-0.4, -0.2) is 14.5 Å². The van der Waals surface area contributed by atoms with Crippen molar-refractivity contribution in [3.05, 3.63) is 224 Å². The van der Waals surface area contributed by atoms with Gasteiger partial charge in [0.05, 0.1) is 16.6 Å². The Labute approximate surface area is 358 Å². The molecule has 4 nitrogen and oxygen atoms in total. The number of para-hydroxylation sites is 4. The van der Waals surface area contributed by atoms with Gasteiger partial charge in [0.25, 0.3) is 0 Å². The maximum Gasteiger partial charge on any atom is 0.162 e. The lowest BCUT2D eigenvalue weighted by atomic mass is 9.92. The van der Waals surface area contributed by atoms with Crippen LogP contribution in [0, 0.1) is 0 Å². The Morgan fingerprint density at radius 2 is 0.839 bits per heavy atom. The molecule has 0 radical (unpaired) electrons. The number of hydrogen-bond donors (Lipinski definition) is 0. The average Bonchev–Trinajstić information content (AvgIpc) is 3.91. The van der Waals surface area contributed by atoms with Gasteiger partial charge >= 0.3 is 0 Å². The topological polar surface area (TPSA) is 43.9 Å². The molecule has 290 valence electrons. The number of aromatic nitrogens is 3. The molecule has 0 saturated carbocycles. The number of furan rings is 1. The van der Waals surface area contributed by atoms with E-state index in [9.17, 15) is 0 Å². The van der Waals surface area contributed by atoms with Gasteiger partial charge in [-0.2, -0.15) is 0 Å². The first kappa shape index (κ1) is 35.6. The number of nitrogens with zero attached hydrogens (tertiary/aromatic N) is 3. The molecule has 0 aliphatic heterocycles. The molecule has 12 aromatic rings. The summed E-state index contributed by atoms with van der Waals surface area (Å²) in [7, 11) is 0. The Balaban J connectivity index is 1.04. The van der Waals surface area contributed by atoms with Crippen molar-refractivity contribution < 1.29 is 4.42 Å². The molecule has 0 amide bonds. The van der Waals surface area contributed by atoms with Crippen molar-refractivity contribution in [2.24, 2.45) is 0 Å². The molecule has 0 spiro atoms. The van der Waals surface area contributed by atoms with Gasteiger partial charge < -0.3 is 4.42 Å². The van der Waals surface area contributed by atoms with Crippen LogP contribution in [0.2, 0.25) is 0 Å². The van der Waals surface area contributed by atoms with Gasteiger partial charge in [0.1, 0.15) is 16.8 Å². The summed E-state index contributed by atoms with van der Waals surface area (Å²) in [6.07, 6.45) is 0. The van der Waals surface area contributed by atoms with Crippen molar-refractivity contribution in [3.8, 4) is 72.8 Å². The summed E-state index contributed by atoms with van der Waals surface area (Å²) < 4.78 is 8.92. The third-order valence-corrected chi connectivity index (χ3v) is 12.0. The third-order valence-electron chi connectivity index (χ3n) is 12.0. The molecule has 0 N–H and O–H groups in total. The van der Waals surface area contributed by atoms with Gasteiger partial charge in [-0.3, -0.25) is 4.57 Å². The highest BCUT2D eigenvalue weighted by atomic mass is 16.3. The maximum absolute atomic E-state index is 6.66. The second-order valence-corrected chi connectivity index (χ2v) is 15.8. The zero-order valence-electron chi connectivity index (χ0n) is 33.6. The van der Waals surface area contributed by atoms with Crippen LogP contribution in [0.5, 0.6) is 0 Å². The van der Waals surface area contributed by atoms with E-state index in [1.807, 2.05) is 18.2 Å². The fourth-order valence-electron chi connectivity index (χ4n) is 9.05. The Hall–Kier alpha value is -8.34. The number of fused-ring (bicyclic) bond motifs is 6. The first-order chi connectivity index (χ1) is 30.7. The first-order valence-electron chi connectivity index (χ1n) is 21.0. The summed E-state index contributed by atoms with van der Waals surface area (Å²) >= 11 is 0. The van der Waals surface area contributed by atoms with Crippen molar-refractivity contribution in [1.82, 2.24) is 14.5 Å². The summed E-state index contributed by atoms with van der Waals surface area (Å²) in [5, 5.41) is 4.21. The van der Waals surface area contributed by atoms with Gasteiger partial charge in [0, 0.05) is 33.0 Å². The molecule has 3 heterocycles. The van der Waals surface area contributed by atoms with E-state index in [0.717, 1.165) is 88.6 Å². The Bertz CT molecular complexity index is 3570. The highest BCUT2D eigenvalue weighted by molar-refractivity contribution is 6.17. The van der Waals surface area contributed by atoms with Crippen LogP contribution >= 0.6 is 0 Å². The van der Waals surface area contributed by atoms with E-state index in [1.54, 1.807) is 0 Å². The fourth-order valence-corrected chi connectivity index (χ4v) is 9.05. The minimum Gasteiger partial charge on any atom is -0.455 e.